The Kier molecular flexibility index (Phi) is 4.88. The Morgan fingerprint density at radius 2 is 1.95 bits per heavy atom. The van der Waals surface area contributed by atoms with E-state index >= 15 is 0 Å². The molecule has 4 heteroatoms. The third-order valence-electron chi connectivity index (χ3n) is 5.62. The highest BCUT2D eigenvalue weighted by molar-refractivity contribution is 5.92. The predicted octanol–water partition coefficient (Wildman–Crippen LogP) is 3.84. The van der Waals surface area contributed by atoms with Crippen LogP contribution in [0.5, 0.6) is 0 Å². The van der Waals surface area contributed by atoms with Crippen molar-refractivity contribution >= 4 is 5.91 Å². The molecule has 1 aliphatic rings. The van der Waals surface area contributed by atoms with E-state index in [4.69, 9.17) is 0 Å². The van der Waals surface area contributed by atoms with Crippen molar-refractivity contribution in [2.45, 2.75) is 66.3 Å². The first kappa shape index (κ1) is 16.9. The van der Waals surface area contributed by atoms with Crippen LogP contribution in [0.3, 0.4) is 0 Å². The number of rotatable bonds is 3. The van der Waals surface area contributed by atoms with Crippen LogP contribution in [0.4, 0.5) is 0 Å². The van der Waals surface area contributed by atoms with Crippen LogP contribution in [0.2, 0.25) is 0 Å². The van der Waals surface area contributed by atoms with Crippen molar-refractivity contribution in [1.29, 1.82) is 0 Å². The van der Waals surface area contributed by atoms with Gasteiger partial charge in [0.25, 0.3) is 5.91 Å². The SMILES string of the molecule is CC(C)C1(C(C)(C)C)CCC(NC(=O)c2cccnn2)CC1. The first-order valence-corrected chi connectivity index (χ1v) is 8.35. The van der Waals surface area contributed by atoms with E-state index in [2.05, 4.69) is 50.1 Å². The maximum absolute atomic E-state index is 12.2. The van der Waals surface area contributed by atoms with E-state index in [-0.39, 0.29) is 11.9 Å². The third kappa shape index (κ3) is 3.31. The van der Waals surface area contributed by atoms with Crippen LogP contribution >= 0.6 is 0 Å². The Morgan fingerprint density at radius 3 is 2.41 bits per heavy atom. The number of carbonyl (C=O) groups is 1. The molecule has 1 N–H and O–H groups in total. The molecule has 1 fully saturated rings. The van der Waals surface area contributed by atoms with Gasteiger partial charge in [-0.15, -0.1) is 5.10 Å². The van der Waals surface area contributed by atoms with Gasteiger partial charge in [0.2, 0.25) is 0 Å². The summed E-state index contributed by atoms with van der Waals surface area (Å²) in [6.07, 6.45) is 6.00. The van der Waals surface area contributed by atoms with Crippen LogP contribution in [0.25, 0.3) is 0 Å². The van der Waals surface area contributed by atoms with Crippen LogP contribution in [0.1, 0.15) is 70.8 Å². The fourth-order valence-corrected chi connectivity index (χ4v) is 4.15. The maximum Gasteiger partial charge on any atom is 0.272 e. The van der Waals surface area contributed by atoms with Crippen molar-refractivity contribution in [3.63, 3.8) is 0 Å². The summed E-state index contributed by atoms with van der Waals surface area (Å²) in [6.45, 7) is 11.7. The van der Waals surface area contributed by atoms with Gasteiger partial charge in [0.15, 0.2) is 5.69 Å². The van der Waals surface area contributed by atoms with Gasteiger partial charge in [0.05, 0.1) is 0 Å². The molecule has 2 rings (SSSR count). The number of aromatic nitrogens is 2. The number of carbonyl (C=O) groups excluding carboxylic acids is 1. The molecule has 0 atom stereocenters. The topological polar surface area (TPSA) is 54.9 Å². The number of nitrogens with one attached hydrogen (secondary N) is 1. The summed E-state index contributed by atoms with van der Waals surface area (Å²) in [6, 6.07) is 3.70. The lowest BCUT2D eigenvalue weighted by Gasteiger charge is -2.52. The van der Waals surface area contributed by atoms with Crippen molar-refractivity contribution in [2.75, 3.05) is 0 Å². The van der Waals surface area contributed by atoms with Gasteiger partial charge in [-0.1, -0.05) is 34.6 Å². The zero-order valence-corrected chi connectivity index (χ0v) is 14.5. The lowest BCUT2D eigenvalue weighted by atomic mass is 9.54. The van der Waals surface area contributed by atoms with Crippen molar-refractivity contribution in [2.24, 2.45) is 16.7 Å². The Hall–Kier alpha value is -1.45. The molecule has 122 valence electrons. The average Bonchev–Trinajstić information content (AvgIpc) is 2.47. The second kappa shape index (κ2) is 6.35. The summed E-state index contributed by atoms with van der Waals surface area (Å²) < 4.78 is 0. The van der Waals surface area contributed by atoms with Gasteiger partial charge in [0, 0.05) is 12.2 Å². The summed E-state index contributed by atoms with van der Waals surface area (Å²) in [5.74, 6) is 0.551. The third-order valence-corrected chi connectivity index (χ3v) is 5.62. The van der Waals surface area contributed by atoms with E-state index < -0.39 is 0 Å². The normalized spacial score (nSPS) is 26.0. The van der Waals surface area contributed by atoms with Crippen LogP contribution in [0.15, 0.2) is 18.3 Å². The maximum atomic E-state index is 12.2. The Balaban J connectivity index is 1.99. The highest BCUT2D eigenvalue weighted by atomic mass is 16.2. The second-order valence-electron chi connectivity index (χ2n) is 7.92. The molecule has 0 unspecified atom stereocenters. The van der Waals surface area contributed by atoms with Crippen molar-refractivity contribution in [3.05, 3.63) is 24.0 Å². The van der Waals surface area contributed by atoms with Gasteiger partial charge in [0.1, 0.15) is 0 Å². The fourth-order valence-electron chi connectivity index (χ4n) is 4.15. The zero-order valence-electron chi connectivity index (χ0n) is 14.5. The molecule has 1 aromatic heterocycles. The zero-order chi connectivity index (χ0) is 16.4. The lowest BCUT2D eigenvalue weighted by Crippen LogP contribution is -2.48. The largest absolute Gasteiger partial charge is 0.348 e. The average molecular weight is 303 g/mol. The summed E-state index contributed by atoms with van der Waals surface area (Å²) in [5.41, 5.74) is 1.06. The van der Waals surface area contributed by atoms with Crippen molar-refractivity contribution in [3.8, 4) is 0 Å². The highest BCUT2D eigenvalue weighted by Gasteiger charge is 2.46. The molecule has 1 aromatic rings. The molecular weight excluding hydrogens is 274 g/mol. The molecule has 0 aliphatic heterocycles. The molecule has 0 radical (unpaired) electrons. The molecule has 1 aliphatic carbocycles. The number of hydrogen-bond donors (Lipinski definition) is 1. The lowest BCUT2D eigenvalue weighted by molar-refractivity contribution is -0.0158. The van der Waals surface area contributed by atoms with E-state index in [1.807, 2.05) is 0 Å². The summed E-state index contributed by atoms with van der Waals surface area (Å²) in [7, 11) is 0. The molecule has 0 bridgehead atoms. The quantitative estimate of drug-likeness (QED) is 0.923. The van der Waals surface area contributed by atoms with E-state index in [1.54, 1.807) is 18.3 Å². The first-order valence-electron chi connectivity index (χ1n) is 8.35. The molecule has 1 heterocycles. The van der Waals surface area contributed by atoms with Crippen LogP contribution in [0, 0.1) is 16.7 Å². The van der Waals surface area contributed by atoms with Gasteiger partial charge in [-0.3, -0.25) is 4.79 Å². The van der Waals surface area contributed by atoms with Crippen LogP contribution in [-0.2, 0) is 0 Å². The minimum absolute atomic E-state index is 0.106. The van der Waals surface area contributed by atoms with Crippen LogP contribution < -0.4 is 5.32 Å². The van der Waals surface area contributed by atoms with E-state index in [0.29, 0.717) is 22.4 Å². The Bertz CT molecular complexity index is 497. The molecule has 1 amide bonds. The minimum Gasteiger partial charge on any atom is -0.348 e. The van der Waals surface area contributed by atoms with E-state index in [9.17, 15) is 4.79 Å². The van der Waals surface area contributed by atoms with Crippen molar-refractivity contribution < 1.29 is 4.79 Å². The first-order chi connectivity index (χ1) is 10.3. The predicted molar refractivity (Wildman–Crippen MR) is 88.5 cm³/mol. The van der Waals surface area contributed by atoms with Gasteiger partial charge < -0.3 is 5.32 Å². The summed E-state index contributed by atoms with van der Waals surface area (Å²) in [4.78, 5) is 12.2. The molecular formula is C18H29N3O. The smallest absolute Gasteiger partial charge is 0.272 e. The summed E-state index contributed by atoms with van der Waals surface area (Å²) >= 11 is 0. The molecule has 22 heavy (non-hydrogen) atoms. The van der Waals surface area contributed by atoms with Gasteiger partial charge >= 0.3 is 0 Å². The second-order valence-corrected chi connectivity index (χ2v) is 7.92. The van der Waals surface area contributed by atoms with Crippen molar-refractivity contribution in [1.82, 2.24) is 15.5 Å². The van der Waals surface area contributed by atoms with Gasteiger partial charge in [-0.05, 0) is 54.6 Å². The van der Waals surface area contributed by atoms with E-state index in [0.717, 1.165) is 12.8 Å². The van der Waals surface area contributed by atoms with E-state index in [1.165, 1.54) is 12.8 Å². The van der Waals surface area contributed by atoms with Gasteiger partial charge in [-0.2, -0.15) is 5.10 Å². The summed E-state index contributed by atoms with van der Waals surface area (Å²) in [5, 5.41) is 10.8. The fraction of sp³-hybridized carbons (Fsp3) is 0.722. The number of hydrogen-bond acceptors (Lipinski definition) is 3. The molecule has 0 saturated heterocycles. The number of amides is 1. The van der Waals surface area contributed by atoms with Gasteiger partial charge in [-0.25, -0.2) is 0 Å². The monoisotopic (exact) mass is 303 g/mol. The molecule has 4 nitrogen and oxygen atoms in total. The Morgan fingerprint density at radius 1 is 1.32 bits per heavy atom. The molecule has 1 saturated carbocycles. The molecule has 0 spiro atoms. The highest BCUT2D eigenvalue weighted by Crippen LogP contribution is 2.54. The standard InChI is InChI=1S/C18H29N3O/c1-13(2)18(17(3,4)5)10-8-14(9-11-18)20-16(22)15-7-6-12-19-21-15/h6-7,12-14H,8-11H2,1-5H3,(H,20,22). The van der Waals surface area contributed by atoms with Crippen LogP contribution in [-0.4, -0.2) is 22.1 Å². The Labute approximate surface area is 134 Å². The molecule has 0 aromatic carbocycles. The minimum atomic E-state index is -0.106. The number of nitrogens with zero attached hydrogens (tertiary/aromatic N) is 2.